The summed E-state index contributed by atoms with van der Waals surface area (Å²) in [6, 6.07) is 6.31. The van der Waals surface area contributed by atoms with Crippen LogP contribution in [0, 0.1) is 24.3 Å². The van der Waals surface area contributed by atoms with Crippen LogP contribution in [0.4, 0.5) is 23.8 Å². The molecule has 0 bridgehead atoms. The van der Waals surface area contributed by atoms with E-state index < -0.39 is 68.3 Å². The van der Waals surface area contributed by atoms with Crippen LogP contribution in [-0.2, 0) is 25.5 Å². The van der Waals surface area contributed by atoms with Gasteiger partial charge in [-0.15, -0.1) is 0 Å². The number of alkyl halides is 3. The van der Waals surface area contributed by atoms with Crippen molar-refractivity contribution in [3.8, 4) is 11.9 Å². The maximum atomic E-state index is 13.9. The maximum Gasteiger partial charge on any atom is 0.420 e. The van der Waals surface area contributed by atoms with Crippen molar-refractivity contribution >= 4 is 27.7 Å². The molecule has 1 saturated heterocycles. The number of nitrogens with zero attached hydrogens (tertiary/aromatic N) is 6. The van der Waals surface area contributed by atoms with Crippen molar-refractivity contribution in [3.05, 3.63) is 70.3 Å². The number of sulfone groups is 1. The fourth-order valence-electron chi connectivity index (χ4n) is 5.38. The summed E-state index contributed by atoms with van der Waals surface area (Å²) < 4.78 is 76.4. The van der Waals surface area contributed by atoms with Gasteiger partial charge in [-0.25, -0.2) is 27.4 Å². The molecule has 1 saturated carbocycles. The second-order valence-electron chi connectivity index (χ2n) is 11.7. The Morgan fingerprint density at radius 1 is 1.17 bits per heavy atom. The van der Waals surface area contributed by atoms with E-state index in [-0.39, 0.29) is 30.1 Å². The number of ether oxygens (including phenoxy) is 1. The number of aryl methyl sites for hydroxylation is 1. The second kappa shape index (κ2) is 12.3. The molecule has 2 fully saturated rings. The number of hydrogen-bond donors (Lipinski definition) is 0. The van der Waals surface area contributed by atoms with Crippen LogP contribution in [0.1, 0.15) is 44.4 Å². The standard InChI is InChI=1S/C30H31F3N6O6S/c1-18(2)16-45-29(42)36-11-10-21(13-27(36)40)39-26(12-19(3)35-39)37-15-22(14-24(37)28(41)38(17-34)20-8-9-20)46(43,44)25-7-5-4-6-23(25)30(31,32)33/h4-7,10-13,18,20,22,24H,8-9,14-16H2,1-3H3/t22-,24+/m1/s1. The lowest BCUT2D eigenvalue weighted by Gasteiger charge is -2.28. The molecule has 244 valence electrons. The summed E-state index contributed by atoms with van der Waals surface area (Å²) in [5.41, 5.74) is -1.48. The minimum absolute atomic E-state index is 0.0381. The monoisotopic (exact) mass is 660 g/mol. The molecule has 2 aliphatic rings. The van der Waals surface area contributed by atoms with Gasteiger partial charge in [-0.1, -0.05) is 26.0 Å². The number of anilines is 1. The Hall–Kier alpha value is -4.65. The predicted octanol–water partition coefficient (Wildman–Crippen LogP) is 3.90. The normalized spacial score (nSPS) is 18.4. The summed E-state index contributed by atoms with van der Waals surface area (Å²) >= 11 is 0. The van der Waals surface area contributed by atoms with Crippen molar-refractivity contribution in [1.29, 1.82) is 5.26 Å². The van der Waals surface area contributed by atoms with Crippen molar-refractivity contribution in [2.45, 2.75) is 68.4 Å². The molecule has 16 heteroatoms. The van der Waals surface area contributed by atoms with Gasteiger partial charge in [0.05, 0.1) is 33.7 Å². The Morgan fingerprint density at radius 3 is 2.48 bits per heavy atom. The molecule has 0 unspecified atom stereocenters. The van der Waals surface area contributed by atoms with Gasteiger partial charge in [0.2, 0.25) is 0 Å². The molecule has 0 spiro atoms. The first-order valence-electron chi connectivity index (χ1n) is 14.5. The molecule has 3 heterocycles. The van der Waals surface area contributed by atoms with Gasteiger partial charge in [-0.05, 0) is 50.3 Å². The van der Waals surface area contributed by atoms with E-state index in [0.29, 0.717) is 24.6 Å². The number of aromatic nitrogens is 3. The van der Waals surface area contributed by atoms with Crippen LogP contribution in [0.25, 0.3) is 5.69 Å². The number of carbonyl (C=O) groups excluding carboxylic acids is 2. The van der Waals surface area contributed by atoms with Gasteiger partial charge in [0, 0.05) is 30.9 Å². The molecule has 0 radical (unpaired) electrons. The lowest BCUT2D eigenvalue weighted by molar-refractivity contribution is -0.140. The zero-order chi connectivity index (χ0) is 33.6. The van der Waals surface area contributed by atoms with Crippen molar-refractivity contribution < 1.29 is 35.9 Å². The van der Waals surface area contributed by atoms with E-state index in [0.717, 1.165) is 27.7 Å². The van der Waals surface area contributed by atoms with Gasteiger partial charge < -0.3 is 9.64 Å². The molecule has 2 aromatic heterocycles. The minimum atomic E-state index is -4.95. The van der Waals surface area contributed by atoms with Gasteiger partial charge in [0.1, 0.15) is 11.9 Å². The molecule has 2 atom stereocenters. The third-order valence-electron chi connectivity index (χ3n) is 7.73. The minimum Gasteiger partial charge on any atom is -0.449 e. The van der Waals surface area contributed by atoms with Crippen molar-refractivity contribution in [2.24, 2.45) is 5.92 Å². The number of nitriles is 1. The average molecular weight is 661 g/mol. The smallest absolute Gasteiger partial charge is 0.420 e. The second-order valence-corrected chi connectivity index (χ2v) is 13.9. The van der Waals surface area contributed by atoms with Crippen molar-refractivity contribution in [1.82, 2.24) is 19.2 Å². The van der Waals surface area contributed by atoms with E-state index >= 15 is 0 Å². The third-order valence-corrected chi connectivity index (χ3v) is 9.92. The molecular weight excluding hydrogens is 629 g/mol. The number of pyridine rings is 1. The Bertz CT molecular complexity index is 1880. The van der Waals surface area contributed by atoms with Crippen LogP contribution in [0.15, 0.2) is 58.4 Å². The first kappa shape index (κ1) is 32.7. The summed E-state index contributed by atoms with van der Waals surface area (Å²) in [5.74, 6) is -0.484. The van der Waals surface area contributed by atoms with Gasteiger partial charge in [0.15, 0.2) is 16.0 Å². The van der Waals surface area contributed by atoms with Crippen LogP contribution in [0.2, 0.25) is 0 Å². The zero-order valence-electron chi connectivity index (χ0n) is 25.1. The molecule has 1 amide bonds. The Labute approximate surface area is 262 Å². The first-order valence-corrected chi connectivity index (χ1v) is 16.0. The molecule has 12 nitrogen and oxygen atoms in total. The van der Waals surface area contributed by atoms with E-state index in [1.54, 1.807) is 6.92 Å². The van der Waals surface area contributed by atoms with Crippen LogP contribution in [-0.4, -0.2) is 70.2 Å². The van der Waals surface area contributed by atoms with Crippen LogP contribution in [0.3, 0.4) is 0 Å². The van der Waals surface area contributed by atoms with Gasteiger partial charge >= 0.3 is 12.3 Å². The molecule has 5 rings (SSSR count). The molecule has 1 aliphatic carbocycles. The Morgan fingerprint density at radius 2 is 1.87 bits per heavy atom. The quantitative estimate of drug-likeness (QED) is 0.259. The topological polar surface area (TPSA) is 148 Å². The summed E-state index contributed by atoms with van der Waals surface area (Å²) in [4.78, 5) is 40.6. The molecule has 1 aliphatic heterocycles. The SMILES string of the molecule is Cc1cc(N2C[C@H](S(=O)(=O)c3ccccc3C(F)(F)F)C[C@H]2C(=O)N(C#N)C2CC2)n(-c2ccn(C(=O)OCC(C)C)c(=O)c2)n1. The highest BCUT2D eigenvalue weighted by Gasteiger charge is 2.49. The fourth-order valence-corrected chi connectivity index (χ4v) is 7.29. The number of benzene rings is 1. The first-order chi connectivity index (χ1) is 21.6. The van der Waals surface area contributed by atoms with Crippen molar-refractivity contribution in [2.75, 3.05) is 18.1 Å². The number of rotatable bonds is 8. The van der Waals surface area contributed by atoms with E-state index in [4.69, 9.17) is 4.74 Å². The third kappa shape index (κ3) is 6.37. The van der Waals surface area contributed by atoms with E-state index in [2.05, 4.69) is 5.10 Å². The number of hydrogen-bond acceptors (Lipinski definition) is 9. The van der Waals surface area contributed by atoms with Crippen LogP contribution >= 0.6 is 0 Å². The lowest BCUT2D eigenvalue weighted by atomic mass is 10.2. The summed E-state index contributed by atoms with van der Waals surface area (Å²) in [5, 5.41) is 12.7. The van der Waals surface area contributed by atoms with Crippen LogP contribution < -0.4 is 10.5 Å². The molecular formula is C30H31F3N6O6S. The fraction of sp³-hybridized carbons (Fsp3) is 0.433. The van der Waals surface area contributed by atoms with E-state index in [1.165, 1.54) is 34.0 Å². The highest BCUT2D eigenvalue weighted by Crippen LogP contribution is 2.40. The Kier molecular flexibility index (Phi) is 8.73. The average Bonchev–Trinajstić information content (AvgIpc) is 3.59. The van der Waals surface area contributed by atoms with Gasteiger partial charge in [0.25, 0.3) is 11.5 Å². The Balaban J connectivity index is 1.56. The predicted molar refractivity (Wildman–Crippen MR) is 158 cm³/mol. The summed E-state index contributed by atoms with van der Waals surface area (Å²) in [6.45, 7) is 4.98. The molecule has 46 heavy (non-hydrogen) atoms. The van der Waals surface area contributed by atoms with Gasteiger partial charge in [-0.3, -0.25) is 9.59 Å². The molecule has 3 aromatic rings. The van der Waals surface area contributed by atoms with Crippen molar-refractivity contribution in [3.63, 3.8) is 0 Å². The number of amides is 1. The van der Waals surface area contributed by atoms with E-state index in [9.17, 15) is 41.2 Å². The highest BCUT2D eigenvalue weighted by molar-refractivity contribution is 7.92. The zero-order valence-corrected chi connectivity index (χ0v) is 26.0. The summed E-state index contributed by atoms with van der Waals surface area (Å²) in [7, 11) is -4.65. The van der Waals surface area contributed by atoms with E-state index in [1.807, 2.05) is 20.0 Å². The van der Waals surface area contributed by atoms with Crippen LogP contribution in [0.5, 0.6) is 0 Å². The number of halogens is 3. The van der Waals surface area contributed by atoms with Gasteiger partial charge in [-0.2, -0.15) is 23.5 Å². The summed E-state index contributed by atoms with van der Waals surface area (Å²) in [6.07, 6.45) is -1.99. The number of carbonyl (C=O) groups is 2. The lowest BCUT2D eigenvalue weighted by Crippen LogP contribution is -2.45. The highest BCUT2D eigenvalue weighted by atomic mass is 32.2. The molecule has 1 aromatic carbocycles. The maximum absolute atomic E-state index is 13.9. The largest absolute Gasteiger partial charge is 0.449 e. The molecule has 0 N–H and O–H groups in total.